The van der Waals surface area contributed by atoms with Crippen LogP contribution in [0, 0.1) is 11.2 Å². The van der Waals surface area contributed by atoms with Crippen molar-refractivity contribution in [3.63, 3.8) is 0 Å². The van der Waals surface area contributed by atoms with E-state index in [-0.39, 0.29) is 17.3 Å². The van der Waals surface area contributed by atoms with Crippen LogP contribution in [-0.4, -0.2) is 19.7 Å². The third-order valence-electron chi connectivity index (χ3n) is 4.18. The maximum Gasteiger partial charge on any atom is 0.168 e. The summed E-state index contributed by atoms with van der Waals surface area (Å²) in [5.41, 5.74) is 0.851. The Kier molecular flexibility index (Phi) is 6.47. The van der Waals surface area contributed by atoms with Gasteiger partial charge in [-0.3, -0.25) is 0 Å². The highest BCUT2D eigenvalue weighted by Gasteiger charge is 2.28. The molecular weight excluding hydrogens is 253 g/mol. The van der Waals surface area contributed by atoms with Gasteiger partial charge in [0, 0.05) is 6.04 Å². The monoisotopic (exact) mass is 281 g/mol. The zero-order valence-corrected chi connectivity index (χ0v) is 13.4. The van der Waals surface area contributed by atoms with Crippen molar-refractivity contribution in [1.29, 1.82) is 0 Å². The van der Waals surface area contributed by atoms with Gasteiger partial charge in [0.15, 0.2) is 11.6 Å². The Balaban J connectivity index is 2.95. The van der Waals surface area contributed by atoms with Gasteiger partial charge in [0.1, 0.15) is 0 Å². The molecule has 0 aromatic heterocycles. The lowest BCUT2D eigenvalue weighted by atomic mass is 9.78. The molecule has 0 fully saturated rings. The van der Waals surface area contributed by atoms with Gasteiger partial charge < -0.3 is 10.1 Å². The van der Waals surface area contributed by atoms with Crippen molar-refractivity contribution >= 4 is 0 Å². The van der Waals surface area contributed by atoms with Crippen molar-refractivity contribution in [3.8, 4) is 5.75 Å². The van der Waals surface area contributed by atoms with Gasteiger partial charge in [0.2, 0.25) is 0 Å². The Bertz CT molecular complexity index is 417. The summed E-state index contributed by atoms with van der Waals surface area (Å²) >= 11 is 0. The molecular formula is C17H28FNO. The molecule has 1 aromatic carbocycles. The fourth-order valence-corrected chi connectivity index (χ4v) is 2.28. The van der Waals surface area contributed by atoms with Gasteiger partial charge in [-0.2, -0.15) is 0 Å². The zero-order chi connectivity index (χ0) is 15.2. The fraction of sp³-hybridized carbons (Fsp3) is 0.647. The average molecular weight is 281 g/mol. The Morgan fingerprint density at radius 3 is 2.55 bits per heavy atom. The fourth-order valence-electron chi connectivity index (χ4n) is 2.28. The van der Waals surface area contributed by atoms with Crippen molar-refractivity contribution in [2.45, 2.75) is 53.0 Å². The molecule has 1 rings (SSSR count). The summed E-state index contributed by atoms with van der Waals surface area (Å²) < 4.78 is 19.4. The number of hydrogen-bond acceptors (Lipinski definition) is 2. The lowest BCUT2D eigenvalue weighted by Gasteiger charge is -2.34. The van der Waals surface area contributed by atoms with Gasteiger partial charge in [0.05, 0.1) is 7.11 Å². The normalized spacial score (nSPS) is 13.3. The van der Waals surface area contributed by atoms with E-state index in [0.29, 0.717) is 12.2 Å². The quantitative estimate of drug-likeness (QED) is 0.771. The second-order valence-corrected chi connectivity index (χ2v) is 5.99. The number of methoxy groups -OCH3 is 1. The lowest BCUT2D eigenvalue weighted by molar-refractivity contribution is 0.228. The Hall–Kier alpha value is -1.09. The van der Waals surface area contributed by atoms with Crippen LogP contribution in [0.5, 0.6) is 5.75 Å². The molecule has 1 unspecified atom stereocenters. The summed E-state index contributed by atoms with van der Waals surface area (Å²) in [4.78, 5) is 0. The first-order valence-corrected chi connectivity index (χ1v) is 7.51. The molecule has 0 heterocycles. The highest BCUT2D eigenvalue weighted by Crippen LogP contribution is 2.29. The van der Waals surface area contributed by atoms with E-state index in [1.54, 1.807) is 6.07 Å². The number of rotatable bonds is 8. The predicted octanol–water partition coefficient (Wildman–Crippen LogP) is 4.18. The number of ether oxygens (including phenoxy) is 1. The zero-order valence-electron chi connectivity index (χ0n) is 13.4. The molecule has 1 aromatic rings. The van der Waals surface area contributed by atoms with Crippen molar-refractivity contribution in [1.82, 2.24) is 5.32 Å². The third kappa shape index (κ3) is 4.20. The first-order chi connectivity index (χ1) is 9.46. The van der Waals surface area contributed by atoms with E-state index in [0.717, 1.165) is 24.9 Å². The van der Waals surface area contributed by atoms with Crippen LogP contribution in [0.1, 0.15) is 46.1 Å². The Morgan fingerprint density at radius 1 is 1.30 bits per heavy atom. The average Bonchev–Trinajstić information content (AvgIpc) is 2.44. The molecule has 1 atom stereocenters. The molecule has 0 amide bonds. The first-order valence-electron chi connectivity index (χ1n) is 7.51. The third-order valence-corrected chi connectivity index (χ3v) is 4.18. The minimum atomic E-state index is -0.231. The Labute approximate surface area is 122 Å². The van der Waals surface area contributed by atoms with E-state index in [9.17, 15) is 4.39 Å². The van der Waals surface area contributed by atoms with Crippen LogP contribution >= 0.6 is 0 Å². The molecule has 20 heavy (non-hydrogen) atoms. The van der Waals surface area contributed by atoms with Gasteiger partial charge in [-0.1, -0.05) is 39.8 Å². The molecule has 1 N–H and O–H groups in total. The van der Waals surface area contributed by atoms with Gasteiger partial charge >= 0.3 is 0 Å². The van der Waals surface area contributed by atoms with Crippen molar-refractivity contribution in [2.75, 3.05) is 13.7 Å². The highest BCUT2D eigenvalue weighted by molar-refractivity contribution is 5.31. The molecule has 114 valence electrons. The molecule has 0 radical (unpaired) electrons. The van der Waals surface area contributed by atoms with Crippen LogP contribution in [0.2, 0.25) is 0 Å². The van der Waals surface area contributed by atoms with Gasteiger partial charge in [-0.05, 0) is 42.9 Å². The maximum absolute atomic E-state index is 14.3. The number of halogens is 1. The largest absolute Gasteiger partial charge is 0.494 e. The smallest absolute Gasteiger partial charge is 0.168 e. The summed E-state index contributed by atoms with van der Waals surface area (Å²) in [6, 6.07) is 5.63. The number of hydrogen-bond donors (Lipinski definition) is 1. The maximum atomic E-state index is 14.3. The summed E-state index contributed by atoms with van der Waals surface area (Å²) in [6.45, 7) is 9.76. The second-order valence-electron chi connectivity index (χ2n) is 5.99. The predicted molar refractivity (Wildman–Crippen MR) is 82.8 cm³/mol. The molecule has 0 saturated heterocycles. The molecule has 2 nitrogen and oxygen atoms in total. The van der Waals surface area contributed by atoms with Crippen molar-refractivity contribution in [3.05, 3.63) is 29.6 Å². The molecule has 0 saturated carbocycles. The van der Waals surface area contributed by atoms with Crippen molar-refractivity contribution < 1.29 is 9.13 Å². The minimum absolute atomic E-state index is 0.130. The number of nitrogens with one attached hydrogen (secondary N) is 1. The van der Waals surface area contributed by atoms with Crippen LogP contribution in [-0.2, 0) is 6.42 Å². The van der Waals surface area contributed by atoms with E-state index in [2.05, 4.69) is 33.0 Å². The van der Waals surface area contributed by atoms with Crippen LogP contribution in [0.25, 0.3) is 0 Å². The van der Waals surface area contributed by atoms with E-state index in [4.69, 9.17) is 4.74 Å². The lowest BCUT2D eigenvalue weighted by Crippen LogP contribution is -2.43. The molecule has 0 aliphatic rings. The van der Waals surface area contributed by atoms with Crippen molar-refractivity contribution in [2.24, 2.45) is 5.41 Å². The highest BCUT2D eigenvalue weighted by atomic mass is 19.1. The van der Waals surface area contributed by atoms with Gasteiger partial charge in [0.25, 0.3) is 0 Å². The number of benzene rings is 1. The van der Waals surface area contributed by atoms with Crippen LogP contribution in [0.3, 0.4) is 0 Å². The van der Waals surface area contributed by atoms with E-state index < -0.39 is 0 Å². The van der Waals surface area contributed by atoms with Crippen LogP contribution in [0.4, 0.5) is 4.39 Å². The topological polar surface area (TPSA) is 21.3 Å². The molecule has 0 aliphatic carbocycles. The van der Waals surface area contributed by atoms with Gasteiger partial charge in [-0.15, -0.1) is 0 Å². The van der Waals surface area contributed by atoms with Crippen LogP contribution < -0.4 is 10.1 Å². The summed E-state index contributed by atoms with van der Waals surface area (Å²) in [5.74, 6) is 0.0937. The standard InChI is InChI=1S/C17H28FNO/c1-6-11-19-15(17(3,4)7-2)12-13-9-8-10-14(20-5)16(13)18/h8-10,15,19H,6-7,11-12H2,1-5H3. The summed E-state index contributed by atoms with van der Waals surface area (Å²) in [7, 11) is 1.50. The van der Waals surface area contributed by atoms with E-state index in [1.165, 1.54) is 7.11 Å². The first kappa shape index (κ1) is 17.0. The molecule has 3 heteroatoms. The summed E-state index contributed by atoms with van der Waals surface area (Å²) in [6.07, 6.45) is 2.82. The molecule has 0 bridgehead atoms. The minimum Gasteiger partial charge on any atom is -0.494 e. The van der Waals surface area contributed by atoms with Crippen LogP contribution in [0.15, 0.2) is 18.2 Å². The SMILES string of the molecule is CCCNC(Cc1cccc(OC)c1F)C(C)(C)CC. The van der Waals surface area contributed by atoms with E-state index in [1.807, 2.05) is 12.1 Å². The Morgan fingerprint density at radius 2 is 2.00 bits per heavy atom. The second kappa shape index (κ2) is 7.63. The summed E-state index contributed by atoms with van der Waals surface area (Å²) in [5, 5.41) is 3.57. The van der Waals surface area contributed by atoms with E-state index >= 15 is 0 Å². The molecule has 0 aliphatic heterocycles. The van der Waals surface area contributed by atoms with Gasteiger partial charge in [-0.25, -0.2) is 4.39 Å². The molecule has 0 spiro atoms.